The molecular weight excluding hydrogens is 290 g/mol. The van der Waals surface area contributed by atoms with E-state index < -0.39 is 16.4 Å². The van der Waals surface area contributed by atoms with E-state index in [0.717, 1.165) is 12.8 Å². The predicted molar refractivity (Wildman–Crippen MR) is 73.5 cm³/mol. The minimum atomic E-state index is -3.33. The summed E-state index contributed by atoms with van der Waals surface area (Å²) in [7, 11) is -0.291. The molecule has 1 unspecified atom stereocenters. The fourth-order valence-electron chi connectivity index (χ4n) is 2.09. The molecule has 1 heterocycles. The Hall–Kier alpha value is -0.310. The Bertz CT molecular complexity index is 373. The van der Waals surface area contributed by atoms with E-state index in [2.05, 4.69) is 0 Å². The zero-order valence-corrected chi connectivity index (χ0v) is 12.9. The lowest BCUT2D eigenvalue weighted by atomic mass is 10.2. The summed E-state index contributed by atoms with van der Waals surface area (Å²) in [6, 6.07) is 0. The van der Waals surface area contributed by atoms with Gasteiger partial charge in [0.05, 0.1) is 18.4 Å². The highest BCUT2D eigenvalue weighted by Gasteiger charge is 2.23. The SMILES string of the molecule is CN(CCN(C)S(=O)(=O)CCC1CCCO1)CC(F)F. The number of hydrogen-bond acceptors (Lipinski definition) is 4. The number of ether oxygens (including phenoxy) is 1. The lowest BCUT2D eigenvalue weighted by Crippen LogP contribution is -2.37. The van der Waals surface area contributed by atoms with Crippen molar-refractivity contribution >= 4 is 10.0 Å². The first-order valence-electron chi connectivity index (χ1n) is 6.83. The highest BCUT2D eigenvalue weighted by Crippen LogP contribution is 2.16. The second kappa shape index (κ2) is 8.21. The van der Waals surface area contributed by atoms with Crippen LogP contribution in [0, 0.1) is 0 Å². The van der Waals surface area contributed by atoms with Crippen molar-refractivity contribution in [2.75, 3.05) is 46.1 Å². The average Bonchev–Trinajstić information content (AvgIpc) is 2.85. The molecule has 1 rings (SSSR count). The molecule has 0 spiro atoms. The van der Waals surface area contributed by atoms with Crippen LogP contribution in [-0.4, -0.2) is 76.2 Å². The van der Waals surface area contributed by atoms with Gasteiger partial charge in [-0.25, -0.2) is 21.5 Å². The van der Waals surface area contributed by atoms with Crippen LogP contribution >= 0.6 is 0 Å². The molecule has 1 aliphatic heterocycles. The van der Waals surface area contributed by atoms with Crippen molar-refractivity contribution in [3.63, 3.8) is 0 Å². The van der Waals surface area contributed by atoms with Crippen LogP contribution < -0.4 is 0 Å². The number of alkyl halides is 2. The third kappa shape index (κ3) is 6.43. The van der Waals surface area contributed by atoms with Gasteiger partial charge < -0.3 is 4.74 Å². The Morgan fingerprint density at radius 3 is 2.55 bits per heavy atom. The summed E-state index contributed by atoms with van der Waals surface area (Å²) in [6.07, 6.45) is 0.0376. The number of rotatable bonds is 9. The second-order valence-corrected chi connectivity index (χ2v) is 7.41. The van der Waals surface area contributed by atoms with Crippen LogP contribution in [0.5, 0.6) is 0 Å². The number of nitrogens with zero attached hydrogens (tertiary/aromatic N) is 2. The van der Waals surface area contributed by atoms with Crippen molar-refractivity contribution in [2.24, 2.45) is 0 Å². The molecule has 0 aromatic rings. The maximum atomic E-state index is 12.1. The topological polar surface area (TPSA) is 49.9 Å². The molecule has 5 nitrogen and oxygen atoms in total. The summed E-state index contributed by atoms with van der Waals surface area (Å²) in [5.41, 5.74) is 0. The largest absolute Gasteiger partial charge is 0.378 e. The highest BCUT2D eigenvalue weighted by atomic mass is 32.2. The van der Waals surface area contributed by atoms with Crippen molar-refractivity contribution in [2.45, 2.75) is 31.8 Å². The smallest absolute Gasteiger partial charge is 0.251 e. The van der Waals surface area contributed by atoms with Crippen LogP contribution in [0.4, 0.5) is 8.78 Å². The molecule has 0 saturated carbocycles. The van der Waals surface area contributed by atoms with Crippen LogP contribution in [0.2, 0.25) is 0 Å². The van der Waals surface area contributed by atoms with Gasteiger partial charge in [-0.2, -0.15) is 0 Å². The number of sulfonamides is 1. The fraction of sp³-hybridized carbons (Fsp3) is 1.00. The van der Waals surface area contributed by atoms with Gasteiger partial charge in [-0.05, 0) is 26.3 Å². The van der Waals surface area contributed by atoms with E-state index in [1.54, 1.807) is 7.05 Å². The lowest BCUT2D eigenvalue weighted by Gasteiger charge is -2.22. The minimum Gasteiger partial charge on any atom is -0.378 e. The van der Waals surface area contributed by atoms with Gasteiger partial charge in [0.15, 0.2) is 0 Å². The molecule has 20 heavy (non-hydrogen) atoms. The predicted octanol–water partition coefficient (Wildman–Crippen LogP) is 1.01. The number of halogens is 2. The Morgan fingerprint density at radius 2 is 2.00 bits per heavy atom. The van der Waals surface area contributed by atoms with E-state index in [0.29, 0.717) is 19.6 Å². The highest BCUT2D eigenvalue weighted by molar-refractivity contribution is 7.89. The fourth-order valence-corrected chi connectivity index (χ4v) is 3.32. The Labute approximate surface area is 119 Å². The van der Waals surface area contributed by atoms with Crippen molar-refractivity contribution in [3.05, 3.63) is 0 Å². The monoisotopic (exact) mass is 314 g/mol. The van der Waals surface area contributed by atoms with E-state index in [1.807, 2.05) is 0 Å². The molecule has 1 aliphatic rings. The van der Waals surface area contributed by atoms with Gasteiger partial charge in [0, 0.05) is 26.7 Å². The van der Waals surface area contributed by atoms with Crippen LogP contribution in [0.15, 0.2) is 0 Å². The third-order valence-corrected chi connectivity index (χ3v) is 5.33. The summed E-state index contributed by atoms with van der Waals surface area (Å²) >= 11 is 0. The number of likely N-dealkylation sites (N-methyl/N-ethyl adjacent to an activating group) is 2. The molecule has 0 bridgehead atoms. The maximum Gasteiger partial charge on any atom is 0.251 e. The number of hydrogen-bond donors (Lipinski definition) is 0. The van der Waals surface area contributed by atoms with E-state index in [-0.39, 0.29) is 24.9 Å². The zero-order chi connectivity index (χ0) is 15.2. The van der Waals surface area contributed by atoms with Crippen LogP contribution in [-0.2, 0) is 14.8 Å². The molecule has 8 heteroatoms. The summed E-state index contributed by atoms with van der Waals surface area (Å²) in [5.74, 6) is 0.0483. The molecular formula is C12H24F2N2O3S. The van der Waals surface area contributed by atoms with E-state index in [4.69, 9.17) is 4.74 Å². The van der Waals surface area contributed by atoms with Gasteiger partial charge in [0.25, 0.3) is 6.43 Å². The first kappa shape index (κ1) is 17.7. The maximum absolute atomic E-state index is 12.1. The minimum absolute atomic E-state index is 0.0414. The second-order valence-electron chi connectivity index (χ2n) is 5.21. The van der Waals surface area contributed by atoms with Gasteiger partial charge in [-0.3, -0.25) is 4.90 Å². The van der Waals surface area contributed by atoms with E-state index in [9.17, 15) is 17.2 Å². The van der Waals surface area contributed by atoms with Gasteiger partial charge in [-0.15, -0.1) is 0 Å². The molecule has 1 saturated heterocycles. The lowest BCUT2D eigenvalue weighted by molar-refractivity contribution is 0.0988. The molecule has 0 N–H and O–H groups in total. The molecule has 0 amide bonds. The molecule has 0 aromatic heterocycles. The normalized spacial score (nSPS) is 20.4. The molecule has 0 aliphatic carbocycles. The van der Waals surface area contributed by atoms with Gasteiger partial charge in [0.2, 0.25) is 10.0 Å². The average molecular weight is 314 g/mol. The van der Waals surface area contributed by atoms with Crippen LogP contribution in [0.25, 0.3) is 0 Å². The van der Waals surface area contributed by atoms with E-state index in [1.165, 1.54) is 16.3 Å². The summed E-state index contributed by atoms with van der Waals surface area (Å²) in [4.78, 5) is 1.43. The van der Waals surface area contributed by atoms with Gasteiger partial charge >= 0.3 is 0 Å². The standard InChI is InChI=1S/C12H24F2N2O3S/c1-15(10-12(13)14)6-7-16(2)20(17,18)9-5-11-4-3-8-19-11/h11-12H,3-10H2,1-2H3. The first-order chi connectivity index (χ1) is 9.31. The quantitative estimate of drug-likeness (QED) is 0.637. The molecule has 120 valence electrons. The molecule has 1 atom stereocenters. The van der Waals surface area contributed by atoms with E-state index >= 15 is 0 Å². The van der Waals surface area contributed by atoms with Crippen molar-refractivity contribution in [1.82, 2.24) is 9.21 Å². The third-order valence-electron chi connectivity index (χ3n) is 3.44. The van der Waals surface area contributed by atoms with Gasteiger partial charge in [-0.1, -0.05) is 0 Å². The van der Waals surface area contributed by atoms with Gasteiger partial charge in [0.1, 0.15) is 0 Å². The summed E-state index contributed by atoms with van der Waals surface area (Å²) in [6.45, 7) is 0.875. The van der Waals surface area contributed by atoms with Crippen LogP contribution in [0.3, 0.4) is 0 Å². The molecule has 1 fully saturated rings. The summed E-state index contributed by atoms with van der Waals surface area (Å²) in [5, 5.41) is 0. The Balaban J connectivity index is 2.30. The van der Waals surface area contributed by atoms with Crippen LogP contribution in [0.1, 0.15) is 19.3 Å². The Kier molecular flexibility index (Phi) is 7.28. The first-order valence-corrected chi connectivity index (χ1v) is 8.44. The van der Waals surface area contributed by atoms with Crippen molar-refractivity contribution in [1.29, 1.82) is 0 Å². The Morgan fingerprint density at radius 1 is 1.30 bits per heavy atom. The molecule has 0 aromatic carbocycles. The summed E-state index contributed by atoms with van der Waals surface area (Å²) < 4.78 is 55.0. The van der Waals surface area contributed by atoms with Crippen molar-refractivity contribution < 1.29 is 21.9 Å². The zero-order valence-electron chi connectivity index (χ0n) is 12.1. The molecule has 0 radical (unpaired) electrons. The van der Waals surface area contributed by atoms with Crippen molar-refractivity contribution in [3.8, 4) is 0 Å².